The van der Waals surface area contributed by atoms with Crippen LogP contribution in [-0.2, 0) is 0 Å². The van der Waals surface area contributed by atoms with E-state index in [-0.39, 0.29) is 12.0 Å². The van der Waals surface area contributed by atoms with Crippen molar-refractivity contribution in [3.05, 3.63) is 10.1 Å². The third-order valence-corrected chi connectivity index (χ3v) is 2.18. The largest absolute Gasteiger partial charge is 0.785 e. The summed E-state index contributed by atoms with van der Waals surface area (Å²) in [5.41, 5.74) is 0. The lowest BCUT2D eigenvalue weighted by atomic mass is 10.0. The van der Waals surface area contributed by atoms with Crippen LogP contribution in [0, 0.1) is 16.0 Å². The van der Waals surface area contributed by atoms with E-state index in [9.17, 15) is 10.1 Å². The van der Waals surface area contributed by atoms with E-state index in [1.54, 1.807) is 6.92 Å². The van der Waals surface area contributed by atoms with Crippen LogP contribution >= 0.6 is 0 Å². The minimum absolute atomic E-state index is 0.185. The van der Waals surface area contributed by atoms with E-state index >= 15 is 0 Å². The Hall–Kier alpha value is -0.480. The fourth-order valence-electron chi connectivity index (χ4n) is 0.851. The number of rotatable bonds is 6. The van der Waals surface area contributed by atoms with Crippen LogP contribution in [-0.4, -0.2) is 24.2 Å². The highest BCUT2D eigenvalue weighted by molar-refractivity contribution is 4.69. The van der Waals surface area contributed by atoms with Crippen molar-refractivity contribution < 1.29 is 0 Å². The molecule has 0 saturated carbocycles. The molecule has 0 aliphatic carbocycles. The number of hydrogen-bond acceptors (Lipinski definition) is 4. The van der Waals surface area contributed by atoms with Gasteiger partial charge >= 0.3 is 0 Å². The van der Waals surface area contributed by atoms with Crippen LogP contribution in [0.4, 0.5) is 0 Å². The molecule has 0 rings (SSSR count). The highest BCUT2D eigenvalue weighted by Gasteiger charge is 2.11. The Kier molecular flexibility index (Phi) is 5.84. The zero-order valence-electron chi connectivity index (χ0n) is 7.99. The Labute approximate surface area is 73.5 Å². The molecule has 4 nitrogen and oxygen atoms in total. The van der Waals surface area contributed by atoms with E-state index in [0.717, 1.165) is 11.5 Å². The first-order valence-corrected chi connectivity index (χ1v) is 4.36. The second-order valence-corrected chi connectivity index (χ2v) is 3.13. The van der Waals surface area contributed by atoms with E-state index in [1.165, 1.54) is 0 Å². The topological polar surface area (TPSA) is 55.7 Å². The van der Waals surface area contributed by atoms with Crippen molar-refractivity contribution in [2.45, 2.75) is 33.2 Å². The maximum absolute atomic E-state index is 10.8. The quantitative estimate of drug-likeness (QED) is 0.456. The van der Waals surface area contributed by atoms with Gasteiger partial charge in [0, 0.05) is 0 Å². The second kappa shape index (κ2) is 6.08. The summed E-state index contributed by atoms with van der Waals surface area (Å²) < 4.78 is 0. The van der Waals surface area contributed by atoms with E-state index in [1.807, 2.05) is 13.8 Å². The fourth-order valence-corrected chi connectivity index (χ4v) is 0.851. The molecule has 0 amide bonds. The molecule has 0 fully saturated rings. The van der Waals surface area contributed by atoms with Gasteiger partial charge in [-0.05, 0) is 32.4 Å². The van der Waals surface area contributed by atoms with Crippen LogP contribution in [0.3, 0.4) is 0 Å². The molecule has 72 valence electrons. The predicted octanol–water partition coefficient (Wildman–Crippen LogP) is 1.99. The van der Waals surface area contributed by atoms with E-state index in [4.69, 9.17) is 0 Å². The summed E-state index contributed by atoms with van der Waals surface area (Å²) in [4.78, 5) is 10.1. The number of hydroxylamine groups is 2. The molecule has 0 N–H and O–H groups in total. The van der Waals surface area contributed by atoms with Crippen LogP contribution in [0.5, 0.6) is 0 Å². The molecule has 0 bridgehead atoms. The maximum Gasteiger partial charge on any atom is 0.0917 e. The molecule has 4 heteroatoms. The summed E-state index contributed by atoms with van der Waals surface area (Å²) in [6, 6.07) is -0.185. The van der Waals surface area contributed by atoms with Gasteiger partial charge in [0.2, 0.25) is 0 Å². The first kappa shape index (κ1) is 11.5. The van der Waals surface area contributed by atoms with Gasteiger partial charge in [-0.3, -0.25) is 0 Å². The van der Waals surface area contributed by atoms with Gasteiger partial charge in [-0.2, -0.15) is 4.91 Å². The standard InChI is InChI=1S/C8H17N2O2/c1-4-10(12)6-5-7(2)8(3)9-11/h7-8H,4-6H2,1-3H3/q-1. The molecule has 0 radical (unpaired) electrons. The fraction of sp³-hybridized carbons (Fsp3) is 1.00. The van der Waals surface area contributed by atoms with Crippen LogP contribution in [0.25, 0.3) is 0 Å². The van der Waals surface area contributed by atoms with Crippen molar-refractivity contribution in [2.24, 2.45) is 11.1 Å². The average molecular weight is 173 g/mol. The van der Waals surface area contributed by atoms with Crippen LogP contribution in [0.15, 0.2) is 5.18 Å². The summed E-state index contributed by atoms with van der Waals surface area (Å²) >= 11 is 0. The summed E-state index contributed by atoms with van der Waals surface area (Å²) in [5.74, 6) is 0.200. The summed E-state index contributed by atoms with van der Waals surface area (Å²) in [6.07, 6.45) is 0.740. The average Bonchev–Trinajstić information content (AvgIpc) is 2.11. The van der Waals surface area contributed by atoms with Crippen molar-refractivity contribution in [2.75, 3.05) is 13.1 Å². The molecule has 0 aliphatic heterocycles. The maximum atomic E-state index is 10.8. The monoisotopic (exact) mass is 173 g/mol. The lowest BCUT2D eigenvalue weighted by Crippen LogP contribution is -2.21. The Morgan fingerprint density at radius 3 is 2.50 bits per heavy atom. The Balaban J connectivity index is 3.55. The summed E-state index contributed by atoms with van der Waals surface area (Å²) in [6.45, 7) is 6.54. The Bertz CT molecular complexity index is 130. The molecule has 0 spiro atoms. The number of hydrogen-bond donors (Lipinski definition) is 0. The summed E-state index contributed by atoms with van der Waals surface area (Å²) in [7, 11) is 0. The van der Waals surface area contributed by atoms with E-state index in [2.05, 4.69) is 5.18 Å². The first-order chi connectivity index (χ1) is 5.61. The molecule has 2 unspecified atom stereocenters. The third-order valence-electron chi connectivity index (χ3n) is 2.18. The van der Waals surface area contributed by atoms with Crippen molar-refractivity contribution in [1.29, 1.82) is 0 Å². The Morgan fingerprint density at radius 1 is 1.50 bits per heavy atom. The third kappa shape index (κ3) is 4.41. The van der Waals surface area contributed by atoms with Gasteiger partial charge in [0.1, 0.15) is 0 Å². The lowest BCUT2D eigenvalue weighted by Gasteiger charge is -2.27. The molecule has 0 aromatic rings. The normalized spacial score (nSPS) is 16.1. The number of nitrogens with zero attached hydrogens (tertiary/aromatic N) is 2. The minimum Gasteiger partial charge on any atom is -0.785 e. The molecule has 0 aromatic carbocycles. The predicted molar refractivity (Wildman–Crippen MR) is 49.7 cm³/mol. The van der Waals surface area contributed by atoms with Crippen molar-refractivity contribution in [3.63, 3.8) is 0 Å². The number of nitroso groups, excluding NO2 is 1. The van der Waals surface area contributed by atoms with Crippen LogP contribution in [0.1, 0.15) is 27.2 Å². The molecule has 12 heavy (non-hydrogen) atoms. The second-order valence-electron chi connectivity index (χ2n) is 3.13. The van der Waals surface area contributed by atoms with Crippen molar-refractivity contribution in [3.8, 4) is 0 Å². The van der Waals surface area contributed by atoms with Gasteiger partial charge in [0.15, 0.2) is 0 Å². The van der Waals surface area contributed by atoms with Gasteiger partial charge in [0.25, 0.3) is 0 Å². The SMILES string of the molecule is CCN([O-])CCC(C)C(C)N=O. The minimum atomic E-state index is -0.185. The van der Waals surface area contributed by atoms with Gasteiger partial charge in [-0.15, -0.1) is 0 Å². The van der Waals surface area contributed by atoms with Crippen LogP contribution in [0.2, 0.25) is 0 Å². The van der Waals surface area contributed by atoms with E-state index < -0.39 is 0 Å². The molecule has 0 saturated heterocycles. The van der Waals surface area contributed by atoms with Gasteiger partial charge in [0.05, 0.1) is 6.04 Å². The van der Waals surface area contributed by atoms with Gasteiger partial charge < -0.3 is 10.3 Å². The van der Waals surface area contributed by atoms with Crippen molar-refractivity contribution >= 4 is 0 Å². The highest BCUT2D eigenvalue weighted by atomic mass is 16.5. The lowest BCUT2D eigenvalue weighted by molar-refractivity contribution is 0.335. The molecule has 0 heterocycles. The van der Waals surface area contributed by atoms with E-state index in [0.29, 0.717) is 13.1 Å². The van der Waals surface area contributed by atoms with Gasteiger partial charge in [-0.1, -0.05) is 19.0 Å². The zero-order valence-corrected chi connectivity index (χ0v) is 7.99. The molecular weight excluding hydrogens is 156 g/mol. The molecule has 2 atom stereocenters. The van der Waals surface area contributed by atoms with Gasteiger partial charge in [-0.25, -0.2) is 0 Å². The smallest absolute Gasteiger partial charge is 0.0917 e. The zero-order chi connectivity index (χ0) is 9.56. The molecule has 0 aromatic heterocycles. The Morgan fingerprint density at radius 2 is 2.08 bits per heavy atom. The molecular formula is C8H17N2O2-. The van der Waals surface area contributed by atoms with Crippen LogP contribution < -0.4 is 0 Å². The molecule has 0 aliphatic rings. The summed E-state index contributed by atoms with van der Waals surface area (Å²) in [5, 5.41) is 14.8. The highest BCUT2D eigenvalue weighted by Crippen LogP contribution is 2.11. The van der Waals surface area contributed by atoms with Crippen molar-refractivity contribution in [1.82, 2.24) is 5.06 Å². The first-order valence-electron chi connectivity index (χ1n) is 4.36.